The van der Waals surface area contributed by atoms with E-state index in [1.807, 2.05) is 0 Å². The number of alkyl halides is 26. The average molecular weight is 1200 g/mol. The van der Waals surface area contributed by atoms with E-state index in [9.17, 15) is 124 Å². The largest absolute Gasteiger partial charge is 0.472 e. The fourth-order valence-corrected chi connectivity index (χ4v) is 7.39. The van der Waals surface area contributed by atoms with Gasteiger partial charge in [-0.25, -0.2) is 4.57 Å². The van der Waals surface area contributed by atoms with Gasteiger partial charge >= 0.3 is 79.4 Å². The van der Waals surface area contributed by atoms with E-state index in [1.54, 1.807) is 21.1 Å². The first-order valence-electron chi connectivity index (χ1n) is 23.5. The zero-order valence-electron chi connectivity index (χ0n) is 41.2. The standard InChI is InChI=1S/C42H62F26NO6P/c1-69(2,3)24-27-74-76(70,71)75-29-30(28-72-25-20-16-12-8-4-6-11-15-19-23-32(45,46)34(49,50)39(59,60)41(63,64)65)73-26-21-17-13-9-5-7-10-14-18-22-31(43,44)33(47,48)35(51,52)36(53,54)37(55,56)38(57,58)40(61,62)42(66,67)68/h30H,4-29H2,1-3H3/p+1. The van der Waals surface area contributed by atoms with Crippen LogP contribution in [0, 0.1) is 0 Å². The summed E-state index contributed by atoms with van der Waals surface area (Å²) < 4.78 is 380. The lowest BCUT2D eigenvalue weighted by atomic mass is 9.87. The van der Waals surface area contributed by atoms with Gasteiger partial charge in [-0.15, -0.1) is 0 Å². The summed E-state index contributed by atoms with van der Waals surface area (Å²) in [6.07, 6.45) is -16.6. The molecule has 0 heterocycles. The zero-order chi connectivity index (χ0) is 59.8. The number of likely N-dealkylation sites (N-methyl/N-ethyl adjacent to an activating group) is 1. The lowest BCUT2D eigenvalue weighted by molar-refractivity contribution is -0.870. The number of nitrogens with zero attached hydrogens (tertiary/aromatic N) is 1. The number of unbranched alkanes of at least 4 members (excludes halogenated alkanes) is 16. The fraction of sp³-hybridized carbons (Fsp3) is 1.00. The molecular weight excluding hydrogens is 1140 g/mol. The molecule has 0 spiro atoms. The van der Waals surface area contributed by atoms with E-state index in [-0.39, 0.29) is 52.1 Å². The molecule has 0 aromatic heterocycles. The molecule has 2 unspecified atom stereocenters. The van der Waals surface area contributed by atoms with Gasteiger partial charge in [0.05, 0.1) is 34.4 Å². The minimum Gasteiger partial charge on any atom is -0.379 e. The second-order valence-corrected chi connectivity index (χ2v) is 20.5. The summed E-state index contributed by atoms with van der Waals surface area (Å²) in [7, 11) is 0.842. The molecule has 0 aliphatic heterocycles. The Bertz CT molecular complexity index is 1710. The summed E-state index contributed by atoms with van der Waals surface area (Å²) in [4.78, 5) is 10.1. The van der Waals surface area contributed by atoms with Crippen LogP contribution in [0.1, 0.15) is 128 Å². The fourth-order valence-electron chi connectivity index (χ4n) is 6.65. The van der Waals surface area contributed by atoms with E-state index in [4.69, 9.17) is 18.5 Å². The molecule has 0 radical (unpaired) electrons. The Morgan fingerprint density at radius 1 is 0.368 bits per heavy atom. The van der Waals surface area contributed by atoms with Crippen molar-refractivity contribution in [1.82, 2.24) is 0 Å². The summed E-state index contributed by atoms with van der Waals surface area (Å²) in [5.74, 6) is -75.7. The first-order valence-corrected chi connectivity index (χ1v) is 25.0. The van der Waals surface area contributed by atoms with Crippen molar-refractivity contribution in [3.63, 3.8) is 0 Å². The third kappa shape index (κ3) is 20.0. The van der Waals surface area contributed by atoms with E-state index < -0.39 is 124 Å². The number of quaternary nitrogens is 1. The maximum absolute atomic E-state index is 14.2. The molecule has 0 saturated heterocycles. The maximum Gasteiger partial charge on any atom is 0.472 e. The number of ether oxygens (including phenoxy) is 2. The number of phosphoric ester groups is 1. The Kier molecular flexibility index (Phi) is 28.0. The predicted octanol–water partition coefficient (Wildman–Crippen LogP) is 16.5. The molecule has 34 heteroatoms. The Hall–Kier alpha value is -1.83. The molecule has 0 amide bonds. The third-order valence-electron chi connectivity index (χ3n) is 11.5. The van der Waals surface area contributed by atoms with Gasteiger partial charge in [0.2, 0.25) is 0 Å². The summed E-state index contributed by atoms with van der Waals surface area (Å²) >= 11 is 0. The van der Waals surface area contributed by atoms with Gasteiger partial charge in [-0.1, -0.05) is 89.9 Å². The highest BCUT2D eigenvalue weighted by atomic mass is 31.2. The van der Waals surface area contributed by atoms with Crippen LogP contribution < -0.4 is 0 Å². The van der Waals surface area contributed by atoms with Gasteiger partial charge in [0, 0.05) is 26.1 Å². The van der Waals surface area contributed by atoms with Gasteiger partial charge in [0.25, 0.3) is 0 Å². The van der Waals surface area contributed by atoms with Gasteiger partial charge in [0.1, 0.15) is 19.3 Å². The van der Waals surface area contributed by atoms with Crippen LogP contribution in [0.5, 0.6) is 0 Å². The highest BCUT2D eigenvalue weighted by Gasteiger charge is 2.95. The smallest absolute Gasteiger partial charge is 0.379 e. The number of hydrogen-bond acceptors (Lipinski definition) is 5. The lowest BCUT2D eigenvalue weighted by Gasteiger charge is -2.42. The Morgan fingerprint density at radius 2 is 0.658 bits per heavy atom. The molecule has 1 N–H and O–H groups in total. The predicted molar refractivity (Wildman–Crippen MR) is 219 cm³/mol. The van der Waals surface area contributed by atoms with Crippen LogP contribution >= 0.6 is 7.82 Å². The van der Waals surface area contributed by atoms with E-state index in [0.29, 0.717) is 81.7 Å². The summed E-state index contributed by atoms with van der Waals surface area (Å²) in [5.41, 5.74) is 0. The third-order valence-corrected chi connectivity index (χ3v) is 12.5. The van der Waals surface area contributed by atoms with Crippen LogP contribution in [-0.2, 0) is 23.1 Å². The zero-order valence-corrected chi connectivity index (χ0v) is 42.1. The van der Waals surface area contributed by atoms with Crippen LogP contribution in [0.3, 0.4) is 0 Å². The first-order chi connectivity index (χ1) is 34.0. The van der Waals surface area contributed by atoms with Crippen molar-refractivity contribution in [2.24, 2.45) is 0 Å². The van der Waals surface area contributed by atoms with Crippen molar-refractivity contribution in [1.29, 1.82) is 0 Å². The van der Waals surface area contributed by atoms with Crippen molar-refractivity contribution in [3.05, 3.63) is 0 Å². The molecule has 0 aromatic carbocycles. The van der Waals surface area contributed by atoms with Crippen LogP contribution in [0.25, 0.3) is 0 Å². The van der Waals surface area contributed by atoms with Gasteiger partial charge in [-0.05, 0) is 25.7 Å². The monoisotopic (exact) mass is 1200 g/mol. The highest BCUT2D eigenvalue weighted by Crippen LogP contribution is 2.64. The van der Waals surface area contributed by atoms with Gasteiger partial charge < -0.3 is 18.9 Å². The Morgan fingerprint density at radius 3 is 1.01 bits per heavy atom. The molecule has 0 aliphatic rings. The second kappa shape index (κ2) is 28.7. The quantitative estimate of drug-likeness (QED) is 0.0284. The Labute approximate surface area is 421 Å². The molecule has 0 saturated carbocycles. The SMILES string of the molecule is C[N+](C)(C)CCOP(=O)(O)OCC(COCCCCCCCCCCCC(F)(F)C(F)(F)C(F)(F)C(F)(F)F)OCCCCCCCCCCCC(F)(F)C(F)(F)C(F)(F)C(F)(F)C(F)(F)C(F)(F)C(F)(F)C(F)(F)F. The van der Waals surface area contributed by atoms with E-state index in [0.717, 1.165) is 0 Å². The lowest BCUT2D eigenvalue weighted by Crippen LogP contribution is -2.74. The maximum atomic E-state index is 14.2. The molecule has 76 heavy (non-hydrogen) atoms. The molecule has 7 nitrogen and oxygen atoms in total. The van der Waals surface area contributed by atoms with Crippen molar-refractivity contribution >= 4 is 7.82 Å². The Balaban J connectivity index is 4.88. The molecule has 0 bridgehead atoms. The van der Waals surface area contributed by atoms with Crippen LogP contribution in [0.2, 0.25) is 0 Å². The molecule has 0 aliphatic carbocycles. The van der Waals surface area contributed by atoms with Gasteiger partial charge in [0.15, 0.2) is 0 Å². The number of halogens is 26. The van der Waals surface area contributed by atoms with E-state index >= 15 is 0 Å². The first kappa shape index (κ1) is 74.2. The summed E-state index contributed by atoms with van der Waals surface area (Å²) in [6.45, 7) is -0.157. The normalized spacial score (nSPS) is 16.1. The van der Waals surface area contributed by atoms with E-state index in [1.165, 1.54) is 0 Å². The van der Waals surface area contributed by atoms with Crippen LogP contribution in [0.4, 0.5) is 114 Å². The van der Waals surface area contributed by atoms with E-state index in [2.05, 4.69) is 0 Å². The van der Waals surface area contributed by atoms with Crippen LogP contribution in [0.15, 0.2) is 0 Å². The molecule has 458 valence electrons. The minimum absolute atomic E-state index is 0.0578. The number of rotatable bonds is 42. The average Bonchev–Trinajstić information content (AvgIpc) is 3.25. The van der Waals surface area contributed by atoms with Gasteiger partial charge in [-0.2, -0.15) is 114 Å². The van der Waals surface area contributed by atoms with Crippen LogP contribution in [-0.4, -0.2) is 148 Å². The topological polar surface area (TPSA) is 74.2 Å². The molecule has 0 fully saturated rings. The molecule has 0 rings (SSSR count). The van der Waals surface area contributed by atoms with Crippen molar-refractivity contribution in [3.8, 4) is 0 Å². The summed E-state index contributed by atoms with van der Waals surface area (Å²) in [5, 5.41) is 0. The van der Waals surface area contributed by atoms with Crippen molar-refractivity contribution < 1.29 is 147 Å². The summed E-state index contributed by atoms with van der Waals surface area (Å²) in [6, 6.07) is 0. The molecule has 0 aromatic rings. The highest BCUT2D eigenvalue weighted by molar-refractivity contribution is 7.47. The second-order valence-electron chi connectivity index (χ2n) is 19.0. The van der Waals surface area contributed by atoms with Crippen molar-refractivity contribution in [2.75, 3.05) is 60.7 Å². The minimum atomic E-state index is -8.67. The van der Waals surface area contributed by atoms with Gasteiger partial charge in [-0.3, -0.25) is 9.05 Å². The molecular formula is C42H63F26NO6P+. The molecule has 2 atom stereocenters. The number of phosphoric acid groups is 1. The van der Waals surface area contributed by atoms with Crippen molar-refractivity contribution in [2.45, 2.75) is 206 Å². The number of hydrogen-bond donors (Lipinski definition) is 1.